The molecule has 6 nitrogen and oxygen atoms in total. The van der Waals surface area contributed by atoms with Gasteiger partial charge in [-0.05, 0) is 38.0 Å². The van der Waals surface area contributed by atoms with Crippen molar-refractivity contribution in [1.29, 1.82) is 0 Å². The molecule has 3 rings (SSSR count). The fourth-order valence-corrected chi connectivity index (χ4v) is 4.05. The van der Waals surface area contributed by atoms with Crippen molar-refractivity contribution >= 4 is 10.0 Å². The third kappa shape index (κ3) is 3.42. The summed E-state index contributed by atoms with van der Waals surface area (Å²) in [7, 11) is -3.81. The number of hydrogen-bond donors (Lipinski definition) is 1. The Morgan fingerprint density at radius 1 is 1.26 bits per heavy atom. The van der Waals surface area contributed by atoms with E-state index >= 15 is 0 Å². The standard InChI is InChI=1S/C15H19FN4O2S/c1-11(15-18-17-14-8-3-2-4-9-20(14)15)19-23(21,22)13-7-5-6-12(16)10-13/h5-7,10-11,19H,2-4,8-9H2,1H3/t11-/m0/s1. The molecule has 1 aliphatic rings. The predicted octanol–water partition coefficient (Wildman–Crippen LogP) is 2.18. The lowest BCUT2D eigenvalue weighted by atomic mass is 10.2. The van der Waals surface area contributed by atoms with Crippen molar-refractivity contribution < 1.29 is 12.8 Å². The number of aryl methyl sites for hydroxylation is 1. The van der Waals surface area contributed by atoms with Crippen molar-refractivity contribution in [3.63, 3.8) is 0 Å². The number of nitrogens with one attached hydrogen (secondary N) is 1. The Bertz CT molecular complexity index is 804. The van der Waals surface area contributed by atoms with Crippen LogP contribution in [0.2, 0.25) is 0 Å². The van der Waals surface area contributed by atoms with Crippen LogP contribution in [-0.4, -0.2) is 23.2 Å². The Hall–Kier alpha value is -1.80. The number of halogens is 1. The second-order valence-corrected chi connectivity index (χ2v) is 7.45. The van der Waals surface area contributed by atoms with E-state index in [-0.39, 0.29) is 4.90 Å². The molecule has 2 heterocycles. The highest BCUT2D eigenvalue weighted by molar-refractivity contribution is 7.89. The van der Waals surface area contributed by atoms with Gasteiger partial charge in [0.2, 0.25) is 10.0 Å². The molecule has 1 aromatic heterocycles. The minimum atomic E-state index is -3.81. The van der Waals surface area contributed by atoms with E-state index in [1.54, 1.807) is 6.92 Å². The van der Waals surface area contributed by atoms with E-state index in [1.165, 1.54) is 18.2 Å². The predicted molar refractivity (Wildman–Crippen MR) is 82.7 cm³/mol. The van der Waals surface area contributed by atoms with Crippen molar-refractivity contribution in [1.82, 2.24) is 19.5 Å². The third-order valence-corrected chi connectivity index (χ3v) is 5.50. The number of fused-ring (bicyclic) bond motifs is 1. The first kappa shape index (κ1) is 16.1. The normalized spacial score (nSPS) is 16.6. The van der Waals surface area contributed by atoms with Crippen LogP contribution < -0.4 is 4.72 Å². The smallest absolute Gasteiger partial charge is 0.241 e. The molecule has 1 atom stereocenters. The fourth-order valence-electron chi connectivity index (χ4n) is 2.82. The summed E-state index contributed by atoms with van der Waals surface area (Å²) in [6, 6.07) is 4.41. The molecule has 8 heteroatoms. The molecule has 0 fully saturated rings. The van der Waals surface area contributed by atoms with Crippen molar-refractivity contribution in [2.75, 3.05) is 0 Å². The molecule has 124 valence electrons. The maximum absolute atomic E-state index is 13.3. The summed E-state index contributed by atoms with van der Waals surface area (Å²) in [4.78, 5) is -0.0973. The topological polar surface area (TPSA) is 76.9 Å². The number of hydrogen-bond acceptors (Lipinski definition) is 4. The summed E-state index contributed by atoms with van der Waals surface area (Å²) in [5, 5.41) is 8.32. The Balaban J connectivity index is 1.84. The van der Waals surface area contributed by atoms with Gasteiger partial charge in [-0.15, -0.1) is 10.2 Å². The van der Waals surface area contributed by atoms with E-state index in [1.807, 2.05) is 4.57 Å². The van der Waals surface area contributed by atoms with E-state index in [2.05, 4.69) is 14.9 Å². The third-order valence-electron chi connectivity index (χ3n) is 3.96. The lowest BCUT2D eigenvalue weighted by molar-refractivity contribution is 0.533. The maximum Gasteiger partial charge on any atom is 0.241 e. The van der Waals surface area contributed by atoms with Crippen molar-refractivity contribution in [3.05, 3.63) is 41.7 Å². The highest BCUT2D eigenvalue weighted by atomic mass is 32.2. The summed E-state index contributed by atoms with van der Waals surface area (Å²) >= 11 is 0. The Kier molecular flexibility index (Phi) is 4.45. The number of sulfonamides is 1. The highest BCUT2D eigenvalue weighted by Gasteiger charge is 2.24. The molecule has 2 aromatic rings. The van der Waals surface area contributed by atoms with Crippen LogP contribution in [0.4, 0.5) is 4.39 Å². The number of rotatable bonds is 4. The molecule has 0 spiro atoms. The van der Waals surface area contributed by atoms with Crippen LogP contribution >= 0.6 is 0 Å². The van der Waals surface area contributed by atoms with Gasteiger partial charge in [0.15, 0.2) is 5.82 Å². The van der Waals surface area contributed by atoms with Gasteiger partial charge in [-0.1, -0.05) is 12.5 Å². The van der Waals surface area contributed by atoms with Crippen LogP contribution in [0.1, 0.15) is 43.9 Å². The largest absolute Gasteiger partial charge is 0.314 e. The van der Waals surface area contributed by atoms with Crippen LogP contribution in [0.3, 0.4) is 0 Å². The van der Waals surface area contributed by atoms with Gasteiger partial charge in [-0.3, -0.25) is 0 Å². The molecule has 0 saturated heterocycles. The minimum Gasteiger partial charge on any atom is -0.314 e. The molecule has 0 bridgehead atoms. The second-order valence-electron chi connectivity index (χ2n) is 5.74. The monoisotopic (exact) mass is 338 g/mol. The SMILES string of the molecule is C[C@H](NS(=O)(=O)c1cccc(F)c1)c1nnc2n1CCCCC2. The Labute approximate surface area is 134 Å². The van der Waals surface area contributed by atoms with Gasteiger partial charge in [0, 0.05) is 13.0 Å². The maximum atomic E-state index is 13.3. The molecule has 0 unspecified atom stereocenters. The number of aromatic nitrogens is 3. The van der Waals surface area contributed by atoms with Crippen molar-refractivity contribution in [3.8, 4) is 0 Å². The first-order valence-electron chi connectivity index (χ1n) is 7.67. The first-order chi connectivity index (χ1) is 11.0. The van der Waals surface area contributed by atoms with Gasteiger partial charge in [0.1, 0.15) is 11.6 Å². The second kappa shape index (κ2) is 6.37. The van der Waals surface area contributed by atoms with E-state index < -0.39 is 21.9 Å². The summed E-state index contributed by atoms with van der Waals surface area (Å²) < 4.78 is 42.6. The number of benzene rings is 1. The van der Waals surface area contributed by atoms with Crippen LogP contribution in [0.5, 0.6) is 0 Å². The van der Waals surface area contributed by atoms with Crippen LogP contribution in [0.15, 0.2) is 29.2 Å². The molecule has 0 saturated carbocycles. The molecule has 23 heavy (non-hydrogen) atoms. The lowest BCUT2D eigenvalue weighted by Crippen LogP contribution is -2.29. The highest BCUT2D eigenvalue weighted by Crippen LogP contribution is 2.20. The molecule has 0 radical (unpaired) electrons. The fraction of sp³-hybridized carbons (Fsp3) is 0.467. The van der Waals surface area contributed by atoms with Gasteiger partial charge >= 0.3 is 0 Å². The van der Waals surface area contributed by atoms with Gasteiger partial charge in [0.05, 0.1) is 10.9 Å². The molecular formula is C15H19FN4O2S. The Morgan fingerprint density at radius 2 is 2.09 bits per heavy atom. The average Bonchev–Trinajstić information content (AvgIpc) is 2.76. The van der Waals surface area contributed by atoms with Crippen molar-refractivity contribution in [2.24, 2.45) is 0 Å². The van der Waals surface area contributed by atoms with E-state index in [0.29, 0.717) is 5.82 Å². The van der Waals surface area contributed by atoms with Gasteiger partial charge < -0.3 is 4.57 Å². The average molecular weight is 338 g/mol. The van der Waals surface area contributed by atoms with Gasteiger partial charge in [0.25, 0.3) is 0 Å². The van der Waals surface area contributed by atoms with Crippen molar-refractivity contribution in [2.45, 2.75) is 50.1 Å². The molecule has 0 amide bonds. The summed E-state index contributed by atoms with van der Waals surface area (Å²) in [6.07, 6.45) is 4.09. The molecule has 1 N–H and O–H groups in total. The van der Waals surface area contributed by atoms with Gasteiger partial charge in [-0.2, -0.15) is 0 Å². The molecule has 0 aliphatic carbocycles. The number of nitrogens with zero attached hydrogens (tertiary/aromatic N) is 3. The van der Waals surface area contributed by atoms with Gasteiger partial charge in [-0.25, -0.2) is 17.5 Å². The van der Waals surface area contributed by atoms with E-state index in [0.717, 1.165) is 44.1 Å². The summed E-state index contributed by atoms with van der Waals surface area (Å²) in [6.45, 7) is 2.52. The van der Waals surface area contributed by atoms with Crippen LogP contribution in [0, 0.1) is 5.82 Å². The van der Waals surface area contributed by atoms with E-state index in [9.17, 15) is 12.8 Å². The van der Waals surface area contributed by atoms with Crippen LogP contribution in [0.25, 0.3) is 0 Å². The zero-order chi connectivity index (χ0) is 16.4. The minimum absolute atomic E-state index is 0.0973. The zero-order valence-corrected chi connectivity index (χ0v) is 13.7. The molecule has 1 aromatic carbocycles. The van der Waals surface area contributed by atoms with Crippen LogP contribution in [-0.2, 0) is 23.0 Å². The molecular weight excluding hydrogens is 319 g/mol. The van der Waals surface area contributed by atoms with E-state index in [4.69, 9.17) is 0 Å². The molecule has 1 aliphatic heterocycles. The zero-order valence-electron chi connectivity index (χ0n) is 12.9. The first-order valence-corrected chi connectivity index (χ1v) is 9.15. The summed E-state index contributed by atoms with van der Waals surface area (Å²) in [5.74, 6) is 0.910. The quantitative estimate of drug-likeness (QED) is 0.927. The summed E-state index contributed by atoms with van der Waals surface area (Å²) in [5.41, 5.74) is 0. The Morgan fingerprint density at radius 3 is 2.87 bits per heavy atom. The lowest BCUT2D eigenvalue weighted by Gasteiger charge is -2.15.